The van der Waals surface area contributed by atoms with E-state index in [2.05, 4.69) is 5.32 Å². The van der Waals surface area contributed by atoms with Gasteiger partial charge in [0.15, 0.2) is 11.5 Å². The Bertz CT molecular complexity index is 598. The minimum absolute atomic E-state index is 0.0690. The number of benzene rings is 2. The van der Waals surface area contributed by atoms with E-state index >= 15 is 0 Å². The molecule has 4 heteroatoms. The Morgan fingerprint density at radius 2 is 1.57 bits per heavy atom. The summed E-state index contributed by atoms with van der Waals surface area (Å²) in [7, 11) is 1.53. The fourth-order valence-electron chi connectivity index (χ4n) is 2.28. The van der Waals surface area contributed by atoms with Gasteiger partial charge in [0.2, 0.25) is 0 Å². The summed E-state index contributed by atoms with van der Waals surface area (Å²) in [6.07, 6.45) is 0. The molecule has 1 unspecified atom stereocenters. The van der Waals surface area contributed by atoms with Crippen LogP contribution in [0, 0.1) is 5.82 Å². The minimum atomic E-state index is -0.234. The molecule has 0 radical (unpaired) electrons. The third kappa shape index (κ3) is 3.73. The molecule has 112 valence electrons. The van der Waals surface area contributed by atoms with Gasteiger partial charge in [-0.1, -0.05) is 18.2 Å². The summed E-state index contributed by atoms with van der Waals surface area (Å²) >= 11 is 0. The zero-order chi connectivity index (χ0) is 15.4. The highest BCUT2D eigenvalue weighted by atomic mass is 19.1. The zero-order valence-electron chi connectivity index (χ0n) is 12.4. The smallest absolute Gasteiger partial charge is 0.160 e. The Balaban J connectivity index is 2.10. The van der Waals surface area contributed by atoms with Crippen molar-refractivity contribution in [2.75, 3.05) is 7.11 Å². The molecule has 0 amide bonds. The SMILES string of the molecule is COc1cc(C(C)N[C@@H](C)c2ccc(F)cc2)ccc1O. The van der Waals surface area contributed by atoms with Crippen LogP contribution in [0.2, 0.25) is 0 Å². The first kappa shape index (κ1) is 15.3. The minimum Gasteiger partial charge on any atom is -0.504 e. The second-order valence-corrected chi connectivity index (χ2v) is 5.09. The summed E-state index contributed by atoms with van der Waals surface area (Å²) in [6.45, 7) is 4.06. The number of methoxy groups -OCH3 is 1. The summed E-state index contributed by atoms with van der Waals surface area (Å²) in [5.74, 6) is 0.345. The van der Waals surface area contributed by atoms with E-state index in [1.807, 2.05) is 26.0 Å². The van der Waals surface area contributed by atoms with Gasteiger partial charge >= 0.3 is 0 Å². The largest absolute Gasteiger partial charge is 0.504 e. The molecule has 21 heavy (non-hydrogen) atoms. The Morgan fingerprint density at radius 3 is 2.19 bits per heavy atom. The molecule has 0 aliphatic carbocycles. The van der Waals surface area contributed by atoms with Crippen LogP contribution in [0.15, 0.2) is 42.5 Å². The molecule has 0 aliphatic heterocycles. The topological polar surface area (TPSA) is 41.5 Å². The molecule has 0 aromatic heterocycles. The first-order valence-corrected chi connectivity index (χ1v) is 6.89. The molecule has 0 fully saturated rings. The molecule has 0 heterocycles. The third-order valence-corrected chi connectivity index (χ3v) is 3.57. The van der Waals surface area contributed by atoms with E-state index in [0.29, 0.717) is 5.75 Å². The Kier molecular flexibility index (Phi) is 4.81. The van der Waals surface area contributed by atoms with E-state index in [-0.39, 0.29) is 23.7 Å². The summed E-state index contributed by atoms with van der Waals surface area (Å²) in [5, 5.41) is 13.1. The second-order valence-electron chi connectivity index (χ2n) is 5.09. The number of nitrogens with one attached hydrogen (secondary N) is 1. The van der Waals surface area contributed by atoms with Crippen LogP contribution in [-0.4, -0.2) is 12.2 Å². The van der Waals surface area contributed by atoms with Crippen molar-refractivity contribution in [3.05, 3.63) is 59.4 Å². The number of rotatable bonds is 5. The van der Waals surface area contributed by atoms with Crippen molar-refractivity contribution in [3.8, 4) is 11.5 Å². The van der Waals surface area contributed by atoms with Gasteiger partial charge in [-0.25, -0.2) is 4.39 Å². The average Bonchev–Trinajstić information content (AvgIpc) is 2.48. The predicted molar refractivity (Wildman–Crippen MR) is 81.0 cm³/mol. The van der Waals surface area contributed by atoms with Crippen LogP contribution in [0.25, 0.3) is 0 Å². The number of aromatic hydroxyl groups is 1. The summed E-state index contributed by atoms with van der Waals surface area (Å²) < 4.78 is 18.1. The van der Waals surface area contributed by atoms with Gasteiger partial charge in [-0.05, 0) is 49.2 Å². The standard InChI is InChI=1S/C17H20FNO2/c1-11(13-4-7-15(18)8-5-13)19-12(2)14-6-9-16(20)17(10-14)21-3/h4-12,19-20H,1-3H3/t11-,12?/m0/s1. The van der Waals surface area contributed by atoms with Crippen molar-refractivity contribution in [2.24, 2.45) is 0 Å². The molecule has 0 saturated carbocycles. The van der Waals surface area contributed by atoms with Gasteiger partial charge in [0.05, 0.1) is 7.11 Å². The van der Waals surface area contributed by atoms with Crippen molar-refractivity contribution in [2.45, 2.75) is 25.9 Å². The molecule has 2 rings (SSSR count). The molecule has 2 N–H and O–H groups in total. The van der Waals surface area contributed by atoms with Crippen LogP contribution >= 0.6 is 0 Å². The molecule has 2 aromatic rings. The van der Waals surface area contributed by atoms with Crippen molar-refractivity contribution in [1.82, 2.24) is 5.32 Å². The van der Waals surface area contributed by atoms with Gasteiger partial charge in [-0.2, -0.15) is 0 Å². The Hall–Kier alpha value is -2.07. The summed E-state index contributed by atoms with van der Waals surface area (Å²) in [5.41, 5.74) is 2.03. The third-order valence-electron chi connectivity index (χ3n) is 3.57. The average molecular weight is 289 g/mol. The fraction of sp³-hybridized carbons (Fsp3) is 0.294. The number of phenolic OH excluding ortho intramolecular Hbond substituents is 1. The maximum Gasteiger partial charge on any atom is 0.160 e. The van der Waals surface area contributed by atoms with E-state index in [0.717, 1.165) is 11.1 Å². The highest BCUT2D eigenvalue weighted by molar-refractivity contribution is 5.42. The van der Waals surface area contributed by atoms with Crippen molar-refractivity contribution in [3.63, 3.8) is 0 Å². The van der Waals surface area contributed by atoms with E-state index < -0.39 is 0 Å². The fourth-order valence-corrected chi connectivity index (χ4v) is 2.28. The number of phenols is 1. The van der Waals surface area contributed by atoms with Crippen LogP contribution in [0.3, 0.4) is 0 Å². The summed E-state index contributed by atoms with van der Waals surface area (Å²) in [4.78, 5) is 0. The van der Waals surface area contributed by atoms with Crippen molar-refractivity contribution in [1.29, 1.82) is 0 Å². The zero-order valence-corrected chi connectivity index (χ0v) is 12.4. The Labute approximate surface area is 124 Å². The predicted octanol–water partition coefficient (Wildman–Crippen LogP) is 3.95. The Morgan fingerprint density at radius 1 is 1.00 bits per heavy atom. The van der Waals surface area contributed by atoms with E-state index in [4.69, 9.17) is 4.74 Å². The van der Waals surface area contributed by atoms with Crippen LogP contribution in [0.4, 0.5) is 4.39 Å². The molecule has 0 bridgehead atoms. The van der Waals surface area contributed by atoms with Crippen LogP contribution in [0.5, 0.6) is 11.5 Å². The number of halogens is 1. The highest BCUT2D eigenvalue weighted by Crippen LogP contribution is 2.29. The molecular weight excluding hydrogens is 269 g/mol. The molecule has 2 aromatic carbocycles. The van der Waals surface area contributed by atoms with Gasteiger partial charge < -0.3 is 15.2 Å². The van der Waals surface area contributed by atoms with Crippen LogP contribution in [-0.2, 0) is 0 Å². The molecule has 2 atom stereocenters. The lowest BCUT2D eigenvalue weighted by Crippen LogP contribution is -2.22. The lowest BCUT2D eigenvalue weighted by atomic mass is 10.0. The normalized spacial score (nSPS) is 13.7. The van der Waals surface area contributed by atoms with Gasteiger partial charge in [-0.15, -0.1) is 0 Å². The molecule has 0 saturated heterocycles. The van der Waals surface area contributed by atoms with Crippen molar-refractivity contribution < 1.29 is 14.2 Å². The number of ether oxygens (including phenoxy) is 1. The maximum atomic E-state index is 12.9. The molecule has 0 aliphatic rings. The molecule has 0 spiro atoms. The maximum absolute atomic E-state index is 12.9. The van der Waals surface area contributed by atoms with Gasteiger partial charge in [0, 0.05) is 12.1 Å². The lowest BCUT2D eigenvalue weighted by molar-refractivity contribution is 0.371. The first-order valence-electron chi connectivity index (χ1n) is 6.89. The number of hydrogen-bond acceptors (Lipinski definition) is 3. The van der Waals surface area contributed by atoms with Crippen molar-refractivity contribution >= 4 is 0 Å². The van der Waals surface area contributed by atoms with E-state index in [1.54, 1.807) is 18.2 Å². The van der Waals surface area contributed by atoms with E-state index in [9.17, 15) is 9.50 Å². The quantitative estimate of drug-likeness (QED) is 0.875. The monoisotopic (exact) mass is 289 g/mol. The highest BCUT2D eigenvalue weighted by Gasteiger charge is 2.13. The first-order chi connectivity index (χ1) is 10.0. The van der Waals surface area contributed by atoms with Gasteiger partial charge in [0.25, 0.3) is 0 Å². The second kappa shape index (κ2) is 6.59. The van der Waals surface area contributed by atoms with E-state index in [1.165, 1.54) is 19.2 Å². The number of hydrogen-bond donors (Lipinski definition) is 2. The summed E-state index contributed by atoms with van der Waals surface area (Å²) in [6, 6.07) is 11.9. The van der Waals surface area contributed by atoms with Crippen LogP contribution in [0.1, 0.15) is 37.1 Å². The van der Waals surface area contributed by atoms with Gasteiger partial charge in [0.1, 0.15) is 5.82 Å². The van der Waals surface area contributed by atoms with Crippen LogP contribution < -0.4 is 10.1 Å². The molecular formula is C17H20FNO2. The lowest BCUT2D eigenvalue weighted by Gasteiger charge is -2.21. The van der Waals surface area contributed by atoms with Gasteiger partial charge in [-0.3, -0.25) is 0 Å². The molecule has 3 nitrogen and oxygen atoms in total.